The number of hydrogen-bond donors (Lipinski definition) is 0. The molecule has 0 aliphatic carbocycles. The van der Waals surface area contributed by atoms with E-state index in [-0.39, 0.29) is 64.0 Å². The second-order valence-corrected chi connectivity index (χ2v) is 9.21. The molecule has 22 heavy (non-hydrogen) atoms. The molecule has 0 aliphatic heterocycles. The summed E-state index contributed by atoms with van der Waals surface area (Å²) in [6.45, 7) is 8.73. The fraction of sp³-hybridized carbons (Fsp3) is 0.533. The number of carbonyl (C=O) groups is 1. The third kappa shape index (κ3) is 6.91. The molecule has 2 atom stereocenters. The Hall–Kier alpha value is 1.08. The largest absolute Gasteiger partial charge is 0.289 e. The van der Waals surface area contributed by atoms with Crippen LogP contribution in [0.2, 0.25) is 20.1 Å². The summed E-state index contributed by atoms with van der Waals surface area (Å²) in [5.74, 6) is 0.458. The Kier molecular flexibility index (Phi) is 10.00. The fourth-order valence-corrected chi connectivity index (χ4v) is 4.49. The summed E-state index contributed by atoms with van der Waals surface area (Å²) in [5.41, 5.74) is 0.411. The van der Waals surface area contributed by atoms with Crippen LogP contribution < -0.4 is 0 Å². The van der Waals surface area contributed by atoms with E-state index in [1.807, 2.05) is 0 Å². The molecule has 0 bridgehead atoms. The normalized spacial score (nSPS) is 13.3. The average Bonchev–Trinajstić information content (AvgIpc) is 2.32. The summed E-state index contributed by atoms with van der Waals surface area (Å²) in [6.07, 6.45) is 1.87. The van der Waals surface area contributed by atoms with Crippen molar-refractivity contribution in [1.82, 2.24) is 0 Å². The Morgan fingerprint density at radius 3 is 2.00 bits per heavy atom. The molecule has 1 rings (SSSR count). The maximum atomic E-state index is 12.4. The minimum absolute atomic E-state index is 0. The molecule has 0 fully saturated rings. The Labute approximate surface area is 166 Å². The first-order valence-electron chi connectivity index (χ1n) is 6.64. The van der Waals surface area contributed by atoms with Crippen molar-refractivity contribution in [3.8, 4) is 0 Å². The molecule has 2 unspecified atom stereocenters. The maximum absolute atomic E-state index is 12.4. The van der Waals surface area contributed by atoms with Crippen molar-refractivity contribution >= 4 is 79.4 Å². The maximum Gasteiger partial charge on any atom is 0.184 e. The van der Waals surface area contributed by atoms with Gasteiger partial charge in [0.15, 0.2) is 5.52 Å². The van der Waals surface area contributed by atoms with Crippen LogP contribution in [0, 0.1) is 11.3 Å². The van der Waals surface area contributed by atoms with Crippen molar-refractivity contribution in [2.24, 2.45) is 11.3 Å². The van der Waals surface area contributed by atoms with Gasteiger partial charge >= 0.3 is 0 Å². The minimum atomic E-state index is -0.0878. The quantitative estimate of drug-likeness (QED) is 0.304. The van der Waals surface area contributed by atoms with E-state index in [4.69, 9.17) is 46.4 Å². The van der Waals surface area contributed by atoms with Gasteiger partial charge < -0.3 is 0 Å². The van der Waals surface area contributed by atoms with Gasteiger partial charge in [-0.1, -0.05) is 74.1 Å². The fourth-order valence-electron chi connectivity index (χ4n) is 2.25. The molecule has 7 heteroatoms. The monoisotopic (exact) mass is 393 g/mol. The van der Waals surface area contributed by atoms with Crippen LogP contribution in [0.3, 0.4) is 0 Å². The molecule has 1 aromatic carbocycles. The van der Waals surface area contributed by atoms with Gasteiger partial charge in [-0.3, -0.25) is 4.79 Å². The number of halogens is 4. The number of benzene rings is 1. The van der Waals surface area contributed by atoms with E-state index in [9.17, 15) is 4.79 Å². The van der Waals surface area contributed by atoms with Crippen LogP contribution in [0.15, 0.2) is 6.07 Å². The van der Waals surface area contributed by atoms with Crippen LogP contribution in [0.5, 0.6) is 0 Å². The Bertz CT molecular complexity index is 517. The Morgan fingerprint density at radius 2 is 1.59 bits per heavy atom. The SMILES string of the molecule is CC(CPC(=O)c1c(Cl)c(Cl)cc(Cl)c1Cl)CC(C)(C)C.[Li]. The molecule has 0 aliphatic rings. The summed E-state index contributed by atoms with van der Waals surface area (Å²) in [4.78, 5) is 12.4. The Morgan fingerprint density at radius 1 is 1.14 bits per heavy atom. The molecule has 1 radical (unpaired) electrons. The molecule has 0 saturated carbocycles. The number of hydrogen-bond acceptors (Lipinski definition) is 1. The smallest absolute Gasteiger partial charge is 0.184 e. The number of carbonyl (C=O) groups excluding carboxylic acids is 1. The van der Waals surface area contributed by atoms with Crippen molar-refractivity contribution in [2.45, 2.75) is 34.1 Å². The number of rotatable bonds is 5. The first-order valence-corrected chi connectivity index (χ1v) is 9.36. The van der Waals surface area contributed by atoms with E-state index in [1.165, 1.54) is 6.07 Å². The predicted molar refractivity (Wildman–Crippen MR) is 103 cm³/mol. The van der Waals surface area contributed by atoms with Crippen molar-refractivity contribution in [1.29, 1.82) is 0 Å². The molecule has 0 spiro atoms. The van der Waals surface area contributed by atoms with Crippen molar-refractivity contribution in [2.75, 3.05) is 6.16 Å². The van der Waals surface area contributed by atoms with Gasteiger partial charge in [0, 0.05) is 18.9 Å². The molecule has 0 N–H and O–H groups in total. The third-order valence-corrected chi connectivity index (χ3v) is 5.96. The van der Waals surface area contributed by atoms with Crippen LogP contribution >= 0.6 is 55.0 Å². The van der Waals surface area contributed by atoms with Gasteiger partial charge in [0.2, 0.25) is 0 Å². The van der Waals surface area contributed by atoms with Crippen LogP contribution in [0.4, 0.5) is 0 Å². The van der Waals surface area contributed by atoms with Crippen molar-refractivity contribution in [3.63, 3.8) is 0 Å². The molecule has 0 heterocycles. The van der Waals surface area contributed by atoms with E-state index < -0.39 is 0 Å². The van der Waals surface area contributed by atoms with Gasteiger partial charge in [-0.2, -0.15) is 0 Å². The van der Waals surface area contributed by atoms with E-state index in [0.29, 0.717) is 5.92 Å². The van der Waals surface area contributed by atoms with Crippen LogP contribution in [-0.4, -0.2) is 30.5 Å². The first kappa shape index (κ1) is 23.1. The first-order chi connectivity index (χ1) is 9.53. The molecular weight excluding hydrogens is 376 g/mol. The summed E-state index contributed by atoms with van der Waals surface area (Å²) in [5, 5.41) is 0.878. The third-order valence-electron chi connectivity index (χ3n) is 2.91. The zero-order valence-corrected chi connectivity index (χ0v) is 17.5. The standard InChI is InChI=1S/C15H19Cl4OP.Li/c1-8(6-15(2,3)4)7-21-14(20)11-12(18)9(16)5-10(17)13(11)19;/h5,8,21H,6-7H2,1-4H3;. The van der Waals surface area contributed by atoms with Gasteiger partial charge in [0.25, 0.3) is 0 Å². The molecule has 1 aromatic rings. The molecule has 119 valence electrons. The van der Waals surface area contributed by atoms with Crippen LogP contribution in [0.1, 0.15) is 44.5 Å². The van der Waals surface area contributed by atoms with Gasteiger partial charge in [-0.05, 0) is 38.6 Å². The predicted octanol–water partition coefficient (Wildman–Crippen LogP) is 6.81. The topological polar surface area (TPSA) is 17.1 Å². The van der Waals surface area contributed by atoms with Crippen molar-refractivity contribution < 1.29 is 4.79 Å². The van der Waals surface area contributed by atoms with E-state index >= 15 is 0 Å². The van der Waals surface area contributed by atoms with Crippen molar-refractivity contribution in [3.05, 3.63) is 31.7 Å². The molecular formula is C15H19Cl4LiOP. The van der Waals surface area contributed by atoms with E-state index in [0.717, 1.165) is 12.6 Å². The van der Waals surface area contributed by atoms with Gasteiger partial charge in [-0.15, -0.1) is 0 Å². The summed E-state index contributed by atoms with van der Waals surface area (Å²) in [7, 11) is 0.110. The van der Waals surface area contributed by atoms with Gasteiger partial charge in [0.1, 0.15) is 0 Å². The zero-order valence-electron chi connectivity index (χ0n) is 13.5. The van der Waals surface area contributed by atoms with Gasteiger partial charge in [-0.25, -0.2) is 0 Å². The molecule has 1 nitrogen and oxygen atoms in total. The van der Waals surface area contributed by atoms with Crippen LogP contribution in [-0.2, 0) is 0 Å². The summed E-state index contributed by atoms with van der Waals surface area (Å²) >= 11 is 24.1. The van der Waals surface area contributed by atoms with Gasteiger partial charge in [0.05, 0.1) is 25.7 Å². The van der Waals surface area contributed by atoms with E-state index in [2.05, 4.69) is 27.7 Å². The Balaban J connectivity index is 0.00000441. The molecule has 0 amide bonds. The molecule has 0 aromatic heterocycles. The van der Waals surface area contributed by atoms with E-state index in [1.54, 1.807) is 0 Å². The zero-order chi connectivity index (χ0) is 16.4. The second-order valence-electron chi connectivity index (χ2n) is 6.42. The second kappa shape index (κ2) is 9.53. The van der Waals surface area contributed by atoms with Crippen LogP contribution in [0.25, 0.3) is 0 Å². The summed E-state index contributed by atoms with van der Waals surface area (Å²) in [6, 6.07) is 1.45. The average molecular weight is 395 g/mol. The summed E-state index contributed by atoms with van der Waals surface area (Å²) < 4.78 is 0. The minimum Gasteiger partial charge on any atom is -0.289 e. The molecule has 0 saturated heterocycles.